The van der Waals surface area contributed by atoms with Crippen molar-refractivity contribution in [1.82, 2.24) is 0 Å². The van der Waals surface area contributed by atoms with Crippen LogP contribution in [-0.2, 0) is 14.6 Å². The molecule has 0 saturated carbocycles. The summed E-state index contributed by atoms with van der Waals surface area (Å²) in [6, 6.07) is 6.86. The van der Waals surface area contributed by atoms with Crippen molar-refractivity contribution in [3.8, 4) is 0 Å². The Labute approximate surface area is 103 Å². The van der Waals surface area contributed by atoms with Gasteiger partial charge in [-0.15, -0.1) is 0 Å². The number of ether oxygens (including phenoxy) is 1. The first-order chi connectivity index (χ1) is 7.98. The van der Waals surface area contributed by atoms with Crippen LogP contribution in [0.4, 0.5) is 5.69 Å². The summed E-state index contributed by atoms with van der Waals surface area (Å²) in [6.45, 7) is 4.60. The highest BCUT2D eigenvalue weighted by molar-refractivity contribution is 7.92. The molecule has 0 atom stereocenters. The van der Waals surface area contributed by atoms with Gasteiger partial charge in [0.2, 0.25) is 0 Å². The number of rotatable bonds is 6. The van der Waals surface area contributed by atoms with E-state index in [0.717, 1.165) is 5.69 Å². The van der Waals surface area contributed by atoms with Crippen LogP contribution in [0.5, 0.6) is 0 Å². The molecule has 4 nitrogen and oxygen atoms in total. The first-order valence-corrected chi connectivity index (χ1v) is 7.10. The lowest BCUT2D eigenvalue weighted by atomic mass is 10.3. The average molecular weight is 257 g/mol. The minimum absolute atomic E-state index is 0.356. The molecule has 0 aliphatic carbocycles. The lowest BCUT2D eigenvalue weighted by Crippen LogP contribution is -2.14. The Balaban J connectivity index is 2.86. The van der Waals surface area contributed by atoms with Crippen LogP contribution in [-0.4, -0.2) is 33.9 Å². The molecular weight excluding hydrogens is 238 g/mol. The number of hydrogen-bond acceptors (Lipinski definition) is 4. The maximum absolute atomic E-state index is 12.0. The van der Waals surface area contributed by atoms with Crippen LogP contribution in [0.3, 0.4) is 0 Å². The molecule has 5 heteroatoms. The van der Waals surface area contributed by atoms with E-state index in [-0.39, 0.29) is 0 Å². The molecule has 1 N–H and O–H groups in total. The zero-order chi connectivity index (χ0) is 12.9. The first-order valence-electron chi connectivity index (χ1n) is 5.55. The summed E-state index contributed by atoms with van der Waals surface area (Å²) < 4.78 is 28.8. The van der Waals surface area contributed by atoms with Gasteiger partial charge in [0.15, 0.2) is 9.84 Å². The van der Waals surface area contributed by atoms with E-state index in [9.17, 15) is 8.42 Å². The summed E-state index contributed by atoms with van der Waals surface area (Å²) in [5, 5.41) is 2.70. The predicted octanol–water partition coefficient (Wildman–Crippen LogP) is 1.93. The Morgan fingerprint density at radius 2 is 2.06 bits per heavy atom. The SMILES string of the molecule is COCCNc1cccc(S(=O)(=O)C(C)C)c1. The molecule has 0 fully saturated rings. The minimum Gasteiger partial charge on any atom is -0.383 e. The van der Waals surface area contributed by atoms with E-state index in [1.54, 1.807) is 39.2 Å². The molecule has 0 aliphatic heterocycles. The Kier molecular flexibility index (Phi) is 4.96. The number of nitrogens with one attached hydrogen (secondary N) is 1. The van der Waals surface area contributed by atoms with E-state index < -0.39 is 15.1 Å². The number of benzene rings is 1. The first kappa shape index (κ1) is 14.0. The molecule has 0 spiro atoms. The molecule has 0 aliphatic rings. The Bertz CT molecular complexity index is 455. The number of hydrogen-bond donors (Lipinski definition) is 1. The second-order valence-corrected chi connectivity index (χ2v) is 6.55. The van der Waals surface area contributed by atoms with Crippen molar-refractivity contribution >= 4 is 15.5 Å². The van der Waals surface area contributed by atoms with Crippen molar-refractivity contribution in [2.45, 2.75) is 24.0 Å². The normalized spacial score (nSPS) is 11.8. The van der Waals surface area contributed by atoms with Crippen molar-refractivity contribution in [2.75, 3.05) is 25.6 Å². The quantitative estimate of drug-likeness (QED) is 0.791. The van der Waals surface area contributed by atoms with Crippen molar-refractivity contribution < 1.29 is 13.2 Å². The Morgan fingerprint density at radius 3 is 2.65 bits per heavy atom. The van der Waals surface area contributed by atoms with Gasteiger partial charge >= 0.3 is 0 Å². The highest BCUT2D eigenvalue weighted by Gasteiger charge is 2.18. The minimum atomic E-state index is -3.20. The number of sulfone groups is 1. The molecule has 1 aromatic carbocycles. The van der Waals surface area contributed by atoms with Gasteiger partial charge in [-0.2, -0.15) is 0 Å². The van der Waals surface area contributed by atoms with Crippen LogP contribution in [0.25, 0.3) is 0 Å². The number of anilines is 1. The average Bonchev–Trinajstić information content (AvgIpc) is 2.29. The van der Waals surface area contributed by atoms with Gasteiger partial charge in [-0.25, -0.2) is 8.42 Å². The fourth-order valence-electron chi connectivity index (χ4n) is 1.35. The van der Waals surface area contributed by atoms with Gasteiger partial charge in [0.05, 0.1) is 16.8 Å². The maximum atomic E-state index is 12.0. The zero-order valence-electron chi connectivity index (χ0n) is 10.4. The molecule has 17 heavy (non-hydrogen) atoms. The molecule has 0 bridgehead atoms. The van der Waals surface area contributed by atoms with E-state index in [4.69, 9.17) is 4.74 Å². The lowest BCUT2D eigenvalue weighted by molar-refractivity contribution is 0.211. The maximum Gasteiger partial charge on any atom is 0.180 e. The number of methoxy groups -OCH3 is 1. The molecule has 0 radical (unpaired) electrons. The monoisotopic (exact) mass is 257 g/mol. The van der Waals surface area contributed by atoms with E-state index in [1.165, 1.54) is 0 Å². The summed E-state index contributed by atoms with van der Waals surface area (Å²) >= 11 is 0. The van der Waals surface area contributed by atoms with Gasteiger partial charge in [0.1, 0.15) is 0 Å². The summed E-state index contributed by atoms with van der Waals surface area (Å²) in [5.41, 5.74) is 0.795. The van der Waals surface area contributed by atoms with E-state index >= 15 is 0 Å². The van der Waals surface area contributed by atoms with Gasteiger partial charge in [-0.3, -0.25) is 0 Å². The molecule has 0 unspecified atom stereocenters. The lowest BCUT2D eigenvalue weighted by Gasteiger charge is -2.10. The Hall–Kier alpha value is -1.07. The highest BCUT2D eigenvalue weighted by Crippen LogP contribution is 2.19. The molecule has 0 aromatic heterocycles. The van der Waals surface area contributed by atoms with Crippen LogP contribution in [0, 0.1) is 0 Å². The van der Waals surface area contributed by atoms with Gasteiger partial charge in [-0.1, -0.05) is 6.07 Å². The summed E-state index contributed by atoms with van der Waals surface area (Å²) in [6.07, 6.45) is 0. The van der Waals surface area contributed by atoms with Gasteiger partial charge < -0.3 is 10.1 Å². The second-order valence-electron chi connectivity index (χ2n) is 4.04. The Morgan fingerprint density at radius 1 is 1.35 bits per heavy atom. The van der Waals surface area contributed by atoms with E-state index in [2.05, 4.69) is 5.32 Å². The highest BCUT2D eigenvalue weighted by atomic mass is 32.2. The fraction of sp³-hybridized carbons (Fsp3) is 0.500. The predicted molar refractivity (Wildman–Crippen MR) is 69.1 cm³/mol. The standard InChI is InChI=1S/C12H19NO3S/c1-10(2)17(14,15)12-6-4-5-11(9-12)13-7-8-16-3/h4-6,9-10,13H,7-8H2,1-3H3. The molecule has 0 saturated heterocycles. The van der Waals surface area contributed by atoms with Crippen LogP contribution < -0.4 is 5.32 Å². The smallest absolute Gasteiger partial charge is 0.180 e. The molecule has 96 valence electrons. The van der Waals surface area contributed by atoms with Crippen LogP contribution in [0.2, 0.25) is 0 Å². The largest absolute Gasteiger partial charge is 0.383 e. The molecule has 0 heterocycles. The van der Waals surface area contributed by atoms with Crippen molar-refractivity contribution in [2.24, 2.45) is 0 Å². The van der Waals surface area contributed by atoms with E-state index in [0.29, 0.717) is 18.0 Å². The third-order valence-electron chi connectivity index (χ3n) is 2.42. The van der Waals surface area contributed by atoms with Crippen molar-refractivity contribution in [3.63, 3.8) is 0 Å². The van der Waals surface area contributed by atoms with Crippen LogP contribution >= 0.6 is 0 Å². The molecule has 0 amide bonds. The fourth-order valence-corrected chi connectivity index (χ4v) is 2.46. The second kappa shape index (κ2) is 6.02. The van der Waals surface area contributed by atoms with Gasteiger partial charge in [0, 0.05) is 19.3 Å². The van der Waals surface area contributed by atoms with E-state index in [1.807, 2.05) is 6.07 Å². The summed E-state index contributed by atoms with van der Waals surface area (Å²) in [7, 11) is -1.57. The third kappa shape index (κ3) is 3.71. The zero-order valence-corrected chi connectivity index (χ0v) is 11.3. The van der Waals surface area contributed by atoms with Gasteiger partial charge in [-0.05, 0) is 32.0 Å². The molecular formula is C12H19NO3S. The molecule has 1 aromatic rings. The van der Waals surface area contributed by atoms with Crippen molar-refractivity contribution in [1.29, 1.82) is 0 Å². The third-order valence-corrected chi connectivity index (χ3v) is 4.57. The summed E-state index contributed by atoms with van der Waals surface area (Å²) in [4.78, 5) is 0.356. The van der Waals surface area contributed by atoms with Gasteiger partial charge in [0.25, 0.3) is 0 Å². The summed E-state index contributed by atoms with van der Waals surface area (Å²) in [5.74, 6) is 0. The van der Waals surface area contributed by atoms with Crippen molar-refractivity contribution in [3.05, 3.63) is 24.3 Å². The van der Waals surface area contributed by atoms with Crippen LogP contribution in [0.1, 0.15) is 13.8 Å². The van der Waals surface area contributed by atoms with Crippen LogP contribution in [0.15, 0.2) is 29.2 Å². The molecule has 1 rings (SSSR count). The topological polar surface area (TPSA) is 55.4 Å².